The highest BCUT2D eigenvalue weighted by Gasteiger charge is 2.35. The van der Waals surface area contributed by atoms with Gasteiger partial charge in [-0.05, 0) is 32.4 Å². The standard InChI is InChI=1S/C21H23N5O2/c1-13-11-14(2)26-19(23-13)18(15(3)24-26)21(28)25-10-9-22-20(27)17(25)12-16-7-5-4-6-8-16/h4-8,11,17H,9-10,12H2,1-3H3,(H,22,27)/t17-/m0/s1. The lowest BCUT2D eigenvalue weighted by Crippen LogP contribution is -2.58. The Labute approximate surface area is 163 Å². The van der Waals surface area contributed by atoms with E-state index in [1.54, 1.807) is 9.42 Å². The molecule has 7 nitrogen and oxygen atoms in total. The van der Waals surface area contributed by atoms with Crippen LogP contribution in [0.15, 0.2) is 36.4 Å². The smallest absolute Gasteiger partial charge is 0.260 e. The molecule has 1 fully saturated rings. The Kier molecular flexibility index (Phi) is 4.58. The number of amides is 2. The van der Waals surface area contributed by atoms with Crippen LogP contribution in [0.2, 0.25) is 0 Å². The van der Waals surface area contributed by atoms with E-state index in [0.29, 0.717) is 36.4 Å². The maximum Gasteiger partial charge on any atom is 0.260 e. The lowest BCUT2D eigenvalue weighted by Gasteiger charge is -2.35. The molecule has 0 saturated carbocycles. The molecular formula is C21H23N5O2. The summed E-state index contributed by atoms with van der Waals surface area (Å²) < 4.78 is 1.70. The van der Waals surface area contributed by atoms with Gasteiger partial charge in [-0.15, -0.1) is 0 Å². The topological polar surface area (TPSA) is 79.6 Å². The molecule has 0 radical (unpaired) electrons. The summed E-state index contributed by atoms with van der Waals surface area (Å²) in [5, 5.41) is 7.39. The van der Waals surface area contributed by atoms with Crippen LogP contribution >= 0.6 is 0 Å². The molecule has 0 spiro atoms. The fourth-order valence-electron chi connectivity index (χ4n) is 3.82. The molecule has 3 aromatic rings. The summed E-state index contributed by atoms with van der Waals surface area (Å²) in [6, 6.07) is 11.1. The number of carbonyl (C=O) groups excluding carboxylic acids is 2. The van der Waals surface area contributed by atoms with Crippen molar-refractivity contribution in [2.75, 3.05) is 13.1 Å². The van der Waals surface area contributed by atoms with Crippen LogP contribution in [-0.2, 0) is 11.2 Å². The van der Waals surface area contributed by atoms with Crippen molar-refractivity contribution in [2.45, 2.75) is 33.2 Å². The zero-order valence-electron chi connectivity index (χ0n) is 16.3. The lowest BCUT2D eigenvalue weighted by molar-refractivity contribution is -0.127. The number of nitrogens with zero attached hydrogens (tertiary/aromatic N) is 4. The fraction of sp³-hybridized carbons (Fsp3) is 0.333. The van der Waals surface area contributed by atoms with Gasteiger partial charge in [0.2, 0.25) is 5.91 Å². The molecule has 1 aromatic carbocycles. The Morgan fingerprint density at radius 2 is 1.96 bits per heavy atom. The lowest BCUT2D eigenvalue weighted by atomic mass is 10.0. The van der Waals surface area contributed by atoms with E-state index in [1.807, 2.05) is 57.2 Å². The number of aromatic nitrogens is 3. The summed E-state index contributed by atoms with van der Waals surface area (Å²) in [5.41, 5.74) is 4.40. The van der Waals surface area contributed by atoms with Gasteiger partial charge in [-0.25, -0.2) is 9.50 Å². The first-order valence-corrected chi connectivity index (χ1v) is 9.42. The second-order valence-corrected chi connectivity index (χ2v) is 7.23. The molecule has 1 aliphatic heterocycles. The average Bonchev–Trinajstić information content (AvgIpc) is 3.00. The maximum atomic E-state index is 13.5. The Bertz CT molecular complexity index is 1060. The second kappa shape index (κ2) is 7.07. The minimum atomic E-state index is -0.552. The molecule has 1 saturated heterocycles. The normalized spacial score (nSPS) is 17.0. The van der Waals surface area contributed by atoms with E-state index < -0.39 is 6.04 Å². The van der Waals surface area contributed by atoms with Crippen LogP contribution < -0.4 is 5.32 Å². The number of benzene rings is 1. The summed E-state index contributed by atoms with van der Waals surface area (Å²) in [6.07, 6.45) is 0.474. The van der Waals surface area contributed by atoms with Gasteiger partial charge in [0.1, 0.15) is 11.6 Å². The van der Waals surface area contributed by atoms with Crippen LogP contribution in [0.5, 0.6) is 0 Å². The zero-order chi connectivity index (χ0) is 19.8. The van der Waals surface area contributed by atoms with E-state index in [4.69, 9.17) is 0 Å². The van der Waals surface area contributed by atoms with Gasteiger partial charge in [-0.1, -0.05) is 30.3 Å². The third-order valence-corrected chi connectivity index (χ3v) is 5.15. The molecule has 0 bridgehead atoms. The van der Waals surface area contributed by atoms with Crippen molar-refractivity contribution >= 4 is 17.5 Å². The fourth-order valence-corrected chi connectivity index (χ4v) is 3.82. The van der Waals surface area contributed by atoms with Crippen molar-refractivity contribution in [3.8, 4) is 0 Å². The van der Waals surface area contributed by atoms with Gasteiger partial charge in [0, 0.05) is 30.9 Å². The van der Waals surface area contributed by atoms with Crippen molar-refractivity contribution < 1.29 is 9.59 Å². The first-order chi connectivity index (χ1) is 13.5. The average molecular weight is 377 g/mol. The van der Waals surface area contributed by atoms with Gasteiger partial charge in [-0.3, -0.25) is 9.59 Å². The predicted molar refractivity (Wildman–Crippen MR) is 105 cm³/mol. The first kappa shape index (κ1) is 18.2. The first-order valence-electron chi connectivity index (χ1n) is 9.42. The quantitative estimate of drug-likeness (QED) is 0.755. The van der Waals surface area contributed by atoms with Crippen molar-refractivity contribution in [1.29, 1.82) is 0 Å². The molecule has 144 valence electrons. The highest BCUT2D eigenvalue weighted by Crippen LogP contribution is 2.21. The third-order valence-electron chi connectivity index (χ3n) is 5.15. The molecule has 1 atom stereocenters. The molecule has 1 N–H and O–H groups in total. The number of nitrogens with one attached hydrogen (secondary N) is 1. The zero-order valence-corrected chi connectivity index (χ0v) is 16.3. The molecule has 3 heterocycles. The summed E-state index contributed by atoms with van der Waals surface area (Å²) in [5.74, 6) is -0.321. The van der Waals surface area contributed by atoms with Gasteiger partial charge in [0.25, 0.3) is 5.91 Å². The van der Waals surface area contributed by atoms with Crippen LogP contribution in [0.1, 0.15) is 33.0 Å². The van der Waals surface area contributed by atoms with Crippen molar-refractivity contribution in [2.24, 2.45) is 0 Å². The second-order valence-electron chi connectivity index (χ2n) is 7.23. The molecule has 2 amide bonds. The van der Waals surface area contributed by atoms with Crippen LogP contribution in [0, 0.1) is 20.8 Å². The number of piperazine rings is 1. The maximum absolute atomic E-state index is 13.5. The summed E-state index contributed by atoms with van der Waals surface area (Å²) >= 11 is 0. The SMILES string of the molecule is Cc1cc(C)n2nc(C)c(C(=O)N3CCNC(=O)[C@@H]3Cc3ccccc3)c2n1. The van der Waals surface area contributed by atoms with Crippen LogP contribution in [0.25, 0.3) is 5.65 Å². The van der Waals surface area contributed by atoms with Crippen LogP contribution in [0.3, 0.4) is 0 Å². The molecule has 0 unspecified atom stereocenters. The minimum Gasteiger partial charge on any atom is -0.353 e. The summed E-state index contributed by atoms with van der Waals surface area (Å²) in [6.45, 7) is 6.56. The summed E-state index contributed by atoms with van der Waals surface area (Å²) in [7, 11) is 0. The van der Waals surface area contributed by atoms with E-state index >= 15 is 0 Å². The van der Waals surface area contributed by atoms with Gasteiger partial charge < -0.3 is 10.2 Å². The monoisotopic (exact) mass is 377 g/mol. The minimum absolute atomic E-state index is 0.127. The Morgan fingerprint density at radius 1 is 1.21 bits per heavy atom. The highest BCUT2D eigenvalue weighted by molar-refractivity contribution is 6.03. The van der Waals surface area contributed by atoms with Gasteiger partial charge in [0.05, 0.1) is 5.69 Å². The van der Waals surface area contributed by atoms with E-state index in [0.717, 1.165) is 17.0 Å². The molecule has 7 heteroatoms. The van der Waals surface area contributed by atoms with Crippen molar-refractivity contribution in [3.63, 3.8) is 0 Å². The van der Waals surface area contributed by atoms with E-state index in [-0.39, 0.29) is 11.8 Å². The molecular weight excluding hydrogens is 354 g/mol. The number of aryl methyl sites for hydroxylation is 3. The summed E-state index contributed by atoms with van der Waals surface area (Å²) in [4.78, 5) is 32.3. The third kappa shape index (κ3) is 3.13. The Balaban J connectivity index is 1.74. The van der Waals surface area contributed by atoms with E-state index in [9.17, 15) is 9.59 Å². The highest BCUT2D eigenvalue weighted by atomic mass is 16.2. The van der Waals surface area contributed by atoms with Crippen LogP contribution in [-0.4, -0.2) is 50.4 Å². The molecule has 2 aromatic heterocycles. The molecule has 28 heavy (non-hydrogen) atoms. The number of hydrogen-bond donors (Lipinski definition) is 1. The number of carbonyl (C=O) groups is 2. The number of hydrogen-bond acceptors (Lipinski definition) is 4. The van der Waals surface area contributed by atoms with E-state index in [1.165, 1.54) is 0 Å². The van der Waals surface area contributed by atoms with Gasteiger partial charge >= 0.3 is 0 Å². The molecule has 1 aliphatic rings. The number of fused-ring (bicyclic) bond motifs is 1. The predicted octanol–water partition coefficient (Wildman–Crippen LogP) is 1.84. The molecule has 4 rings (SSSR count). The Hall–Kier alpha value is -3.22. The number of rotatable bonds is 3. The van der Waals surface area contributed by atoms with Gasteiger partial charge in [0.15, 0.2) is 5.65 Å². The Morgan fingerprint density at radius 3 is 2.71 bits per heavy atom. The molecule has 0 aliphatic carbocycles. The van der Waals surface area contributed by atoms with Crippen LogP contribution in [0.4, 0.5) is 0 Å². The van der Waals surface area contributed by atoms with Crippen molar-refractivity contribution in [3.05, 3.63) is 64.6 Å². The van der Waals surface area contributed by atoms with E-state index in [2.05, 4.69) is 15.4 Å². The largest absolute Gasteiger partial charge is 0.353 e. The van der Waals surface area contributed by atoms with Crippen molar-refractivity contribution in [1.82, 2.24) is 24.8 Å². The van der Waals surface area contributed by atoms with Gasteiger partial charge in [-0.2, -0.15) is 5.10 Å².